The molecule has 2 aromatic rings. The van der Waals surface area contributed by atoms with Crippen molar-refractivity contribution in [3.05, 3.63) is 59.3 Å². The predicted octanol–water partition coefficient (Wildman–Crippen LogP) is 3.93. The normalized spacial score (nSPS) is 22.3. The van der Waals surface area contributed by atoms with Crippen molar-refractivity contribution >= 4 is 23.1 Å². The minimum absolute atomic E-state index is 0.190. The summed E-state index contributed by atoms with van der Waals surface area (Å²) >= 11 is 0. The molecule has 2 N–H and O–H groups in total. The topological polar surface area (TPSA) is 85.9 Å². The van der Waals surface area contributed by atoms with E-state index in [1.54, 1.807) is 14.2 Å². The Hall–Kier alpha value is -3.48. The minimum Gasteiger partial charge on any atom is -0.493 e. The molecule has 1 aliphatic heterocycles. The monoisotopic (exact) mass is 422 g/mol. The van der Waals surface area contributed by atoms with E-state index in [0.717, 1.165) is 22.6 Å². The van der Waals surface area contributed by atoms with Gasteiger partial charge >= 0.3 is 5.97 Å². The van der Waals surface area contributed by atoms with Crippen molar-refractivity contribution in [2.24, 2.45) is 11.8 Å². The molecular formula is C24H26N2O5. The Morgan fingerprint density at radius 3 is 2.42 bits per heavy atom. The molecule has 0 fully saturated rings. The summed E-state index contributed by atoms with van der Waals surface area (Å²) in [6.07, 6.45) is 0.541. The zero-order valence-electron chi connectivity index (χ0n) is 18.0. The highest BCUT2D eigenvalue weighted by Crippen LogP contribution is 2.47. The van der Waals surface area contributed by atoms with Gasteiger partial charge in [-0.05, 0) is 30.5 Å². The number of rotatable bonds is 4. The van der Waals surface area contributed by atoms with Gasteiger partial charge in [0.15, 0.2) is 17.3 Å². The van der Waals surface area contributed by atoms with Crippen LogP contribution in [0.4, 0.5) is 11.4 Å². The van der Waals surface area contributed by atoms with Crippen LogP contribution in [0.15, 0.2) is 53.7 Å². The molecule has 1 heterocycles. The van der Waals surface area contributed by atoms with E-state index in [-0.39, 0.29) is 11.7 Å². The van der Waals surface area contributed by atoms with Crippen molar-refractivity contribution in [3.63, 3.8) is 0 Å². The summed E-state index contributed by atoms with van der Waals surface area (Å²) in [7, 11) is 4.46. The van der Waals surface area contributed by atoms with Gasteiger partial charge in [0, 0.05) is 16.8 Å². The molecule has 0 unspecified atom stereocenters. The number of ether oxygens (including phenoxy) is 3. The molecule has 0 bridgehead atoms. The average molecular weight is 422 g/mol. The number of benzene rings is 2. The second-order valence-corrected chi connectivity index (χ2v) is 7.77. The lowest BCUT2D eigenvalue weighted by molar-refractivity contribution is -0.151. The maximum Gasteiger partial charge on any atom is 0.316 e. The highest BCUT2D eigenvalue weighted by atomic mass is 16.5. The first-order chi connectivity index (χ1) is 15.0. The minimum atomic E-state index is -0.854. The molecular weight excluding hydrogens is 396 g/mol. The molecule has 162 valence electrons. The number of hydrogen-bond acceptors (Lipinski definition) is 7. The van der Waals surface area contributed by atoms with Gasteiger partial charge in [-0.3, -0.25) is 9.59 Å². The number of carbonyl (C=O) groups excluding carboxylic acids is 2. The van der Waals surface area contributed by atoms with E-state index in [2.05, 4.69) is 10.6 Å². The van der Waals surface area contributed by atoms with E-state index in [1.807, 2.05) is 49.4 Å². The van der Waals surface area contributed by atoms with Crippen molar-refractivity contribution in [1.82, 2.24) is 0 Å². The second-order valence-electron chi connectivity index (χ2n) is 7.77. The van der Waals surface area contributed by atoms with E-state index >= 15 is 0 Å². The van der Waals surface area contributed by atoms with Gasteiger partial charge in [-0.25, -0.2) is 0 Å². The van der Waals surface area contributed by atoms with Gasteiger partial charge in [0.05, 0.1) is 38.7 Å². The number of carbonyl (C=O) groups is 2. The lowest BCUT2D eigenvalue weighted by Gasteiger charge is -2.33. The van der Waals surface area contributed by atoms with Crippen LogP contribution in [0.1, 0.15) is 24.9 Å². The molecule has 0 radical (unpaired) electrons. The van der Waals surface area contributed by atoms with E-state index in [0.29, 0.717) is 23.5 Å². The number of hydrogen-bond donors (Lipinski definition) is 2. The number of methoxy groups -OCH3 is 3. The van der Waals surface area contributed by atoms with Crippen LogP contribution in [0.2, 0.25) is 0 Å². The first-order valence-corrected chi connectivity index (χ1v) is 10.2. The summed E-state index contributed by atoms with van der Waals surface area (Å²) in [4.78, 5) is 26.2. The Morgan fingerprint density at radius 1 is 1.00 bits per heavy atom. The first kappa shape index (κ1) is 20.8. The standard InChI is InChI=1S/C24H26N2O5/c1-13-12-17-20(22(27)19(13)24(28)31-4)21(26-16-10-6-5-9-15(16)25-17)14-8-7-11-18(29-2)23(14)30-3/h5-11,13,19,21,25-26H,12H2,1-4H3/t13-,19-,21+/m1/s1. The summed E-state index contributed by atoms with van der Waals surface area (Å²) in [5, 5.41) is 6.93. The summed E-state index contributed by atoms with van der Waals surface area (Å²) in [6.45, 7) is 1.90. The van der Waals surface area contributed by atoms with Gasteiger partial charge in [-0.2, -0.15) is 0 Å². The number of esters is 1. The van der Waals surface area contributed by atoms with Crippen molar-refractivity contribution in [1.29, 1.82) is 0 Å². The van der Waals surface area contributed by atoms with Crippen molar-refractivity contribution < 1.29 is 23.8 Å². The number of Topliss-reactive ketones (excluding diaryl/α,β-unsaturated/α-hetero) is 1. The molecule has 2 aliphatic rings. The molecule has 0 amide bonds. The Morgan fingerprint density at radius 2 is 1.74 bits per heavy atom. The zero-order chi connectivity index (χ0) is 22.1. The van der Waals surface area contributed by atoms with Crippen LogP contribution in [0.25, 0.3) is 0 Å². The van der Waals surface area contributed by atoms with Gasteiger partial charge < -0.3 is 24.8 Å². The van der Waals surface area contributed by atoms with Crippen LogP contribution >= 0.6 is 0 Å². The Bertz CT molecular complexity index is 1060. The summed E-state index contributed by atoms with van der Waals surface area (Å²) in [5.41, 5.74) is 3.78. The molecule has 1 aliphatic carbocycles. The van der Waals surface area contributed by atoms with E-state index < -0.39 is 17.9 Å². The molecule has 3 atom stereocenters. The molecule has 31 heavy (non-hydrogen) atoms. The Labute approximate surface area is 181 Å². The van der Waals surface area contributed by atoms with Gasteiger partial charge in [-0.15, -0.1) is 0 Å². The van der Waals surface area contributed by atoms with Gasteiger partial charge in [0.25, 0.3) is 0 Å². The van der Waals surface area contributed by atoms with Crippen LogP contribution in [0, 0.1) is 11.8 Å². The first-order valence-electron chi connectivity index (χ1n) is 10.2. The summed E-state index contributed by atoms with van der Waals surface area (Å²) < 4.78 is 16.1. The fourth-order valence-electron chi connectivity index (χ4n) is 4.51. The lowest BCUT2D eigenvalue weighted by Crippen LogP contribution is -2.39. The smallest absolute Gasteiger partial charge is 0.316 e. The van der Waals surface area contributed by atoms with Crippen molar-refractivity contribution in [2.75, 3.05) is 32.0 Å². The van der Waals surface area contributed by atoms with E-state index in [1.165, 1.54) is 7.11 Å². The lowest BCUT2D eigenvalue weighted by atomic mass is 9.74. The van der Waals surface area contributed by atoms with Crippen LogP contribution in [-0.4, -0.2) is 33.1 Å². The Balaban J connectivity index is 1.93. The van der Waals surface area contributed by atoms with Gasteiger partial charge in [0.1, 0.15) is 5.92 Å². The van der Waals surface area contributed by atoms with Crippen LogP contribution in [0.5, 0.6) is 11.5 Å². The highest BCUT2D eigenvalue weighted by Gasteiger charge is 2.45. The third kappa shape index (κ3) is 3.50. The quantitative estimate of drug-likeness (QED) is 0.570. The fourth-order valence-corrected chi connectivity index (χ4v) is 4.51. The van der Waals surface area contributed by atoms with Crippen molar-refractivity contribution in [3.8, 4) is 11.5 Å². The third-order valence-electron chi connectivity index (χ3n) is 5.97. The number of anilines is 2. The molecule has 2 aromatic carbocycles. The highest BCUT2D eigenvalue weighted by molar-refractivity contribution is 6.11. The molecule has 0 spiro atoms. The SMILES string of the molecule is COC(=O)[C@H]1C(=O)C2=C(C[C@H]1C)Nc1ccccc1N[C@H]2c1cccc(OC)c1OC. The zero-order valence-corrected chi connectivity index (χ0v) is 18.0. The maximum atomic E-state index is 13.7. The fraction of sp³-hybridized carbons (Fsp3) is 0.333. The van der Waals surface area contributed by atoms with Gasteiger partial charge in [0.2, 0.25) is 0 Å². The molecule has 0 saturated carbocycles. The van der Waals surface area contributed by atoms with Crippen LogP contribution in [-0.2, 0) is 14.3 Å². The van der Waals surface area contributed by atoms with Crippen LogP contribution < -0.4 is 20.1 Å². The van der Waals surface area contributed by atoms with Crippen molar-refractivity contribution in [2.45, 2.75) is 19.4 Å². The molecule has 0 aromatic heterocycles. The number of ketones is 1. The number of para-hydroxylation sites is 3. The van der Waals surface area contributed by atoms with E-state index in [4.69, 9.17) is 14.2 Å². The molecule has 0 saturated heterocycles. The molecule has 4 rings (SSSR count). The largest absolute Gasteiger partial charge is 0.493 e. The number of fused-ring (bicyclic) bond motifs is 1. The Kier molecular flexibility index (Phi) is 5.59. The molecule has 7 nitrogen and oxygen atoms in total. The summed E-state index contributed by atoms with van der Waals surface area (Å²) in [5.74, 6) is -0.701. The molecule has 7 heteroatoms. The predicted molar refractivity (Wildman–Crippen MR) is 117 cm³/mol. The van der Waals surface area contributed by atoms with Gasteiger partial charge in [-0.1, -0.05) is 31.2 Å². The average Bonchev–Trinajstić information content (AvgIpc) is 2.94. The van der Waals surface area contributed by atoms with Crippen LogP contribution in [0.3, 0.4) is 0 Å². The maximum absolute atomic E-state index is 13.7. The second kappa shape index (κ2) is 8.34. The third-order valence-corrected chi connectivity index (χ3v) is 5.97. The summed E-state index contributed by atoms with van der Waals surface area (Å²) in [6, 6.07) is 12.8. The number of nitrogens with one attached hydrogen (secondary N) is 2. The number of allylic oxidation sites excluding steroid dienone is 1. The van der Waals surface area contributed by atoms with E-state index in [9.17, 15) is 9.59 Å².